The standard InChI is InChI=1S/C22H26N6O3/c1-3-5-12-31-22(30)27-21(23)26-20(29)17-14-25-28(19(17)7-4-2)16-9-10-18-15(13-16)8-6-11-24-18/h6,8-11,13-14H,3-5,7,12H2,1-2H3,(H3,23,26,27,29,30). The molecule has 0 fully saturated rings. The molecule has 0 spiro atoms. The number of benzene rings is 1. The summed E-state index contributed by atoms with van der Waals surface area (Å²) in [5, 5.41) is 17.8. The number of amides is 2. The Morgan fingerprint density at radius 2 is 2.00 bits per heavy atom. The van der Waals surface area contributed by atoms with Gasteiger partial charge in [-0.2, -0.15) is 5.10 Å². The summed E-state index contributed by atoms with van der Waals surface area (Å²) in [5.41, 5.74) is 2.76. The highest BCUT2D eigenvalue weighted by Gasteiger charge is 2.20. The van der Waals surface area contributed by atoms with Crippen LogP contribution in [-0.2, 0) is 11.2 Å². The lowest BCUT2D eigenvalue weighted by atomic mass is 10.1. The van der Waals surface area contributed by atoms with Gasteiger partial charge in [0.05, 0.1) is 35.3 Å². The number of carbonyl (C=O) groups is 2. The van der Waals surface area contributed by atoms with Gasteiger partial charge in [0.2, 0.25) is 5.96 Å². The second-order valence-electron chi connectivity index (χ2n) is 6.99. The number of rotatable bonds is 7. The van der Waals surface area contributed by atoms with E-state index in [4.69, 9.17) is 10.1 Å². The Kier molecular flexibility index (Phi) is 7.31. The fourth-order valence-corrected chi connectivity index (χ4v) is 3.12. The number of fused-ring (bicyclic) bond motifs is 1. The first-order valence-corrected chi connectivity index (χ1v) is 10.3. The Morgan fingerprint density at radius 3 is 2.77 bits per heavy atom. The Balaban J connectivity index is 1.76. The van der Waals surface area contributed by atoms with Crippen LogP contribution in [0.2, 0.25) is 0 Å². The van der Waals surface area contributed by atoms with Crippen molar-refractivity contribution in [2.45, 2.75) is 39.5 Å². The third kappa shape index (κ3) is 5.44. The average Bonchev–Trinajstić information content (AvgIpc) is 3.17. The maximum Gasteiger partial charge on any atom is 0.413 e. The number of alkyl carbamates (subject to hydrolysis) is 1. The van der Waals surface area contributed by atoms with Gasteiger partial charge in [-0.1, -0.05) is 32.8 Å². The van der Waals surface area contributed by atoms with Crippen LogP contribution in [-0.4, -0.2) is 39.3 Å². The van der Waals surface area contributed by atoms with E-state index < -0.39 is 18.0 Å². The molecule has 9 nitrogen and oxygen atoms in total. The zero-order valence-corrected chi connectivity index (χ0v) is 17.6. The van der Waals surface area contributed by atoms with Crippen molar-refractivity contribution in [3.05, 3.63) is 54.0 Å². The average molecular weight is 422 g/mol. The Hall–Kier alpha value is -3.75. The lowest BCUT2D eigenvalue weighted by Gasteiger charge is -2.11. The molecule has 0 aliphatic rings. The van der Waals surface area contributed by atoms with E-state index in [0.717, 1.165) is 41.5 Å². The van der Waals surface area contributed by atoms with Gasteiger partial charge in [-0.15, -0.1) is 0 Å². The molecule has 3 N–H and O–H groups in total. The van der Waals surface area contributed by atoms with E-state index in [-0.39, 0.29) is 6.61 Å². The van der Waals surface area contributed by atoms with Gasteiger partial charge in [0.15, 0.2) is 0 Å². The molecule has 3 aromatic rings. The highest BCUT2D eigenvalue weighted by molar-refractivity contribution is 6.08. The van der Waals surface area contributed by atoms with Gasteiger partial charge in [-0.05, 0) is 37.1 Å². The number of hydrogen-bond donors (Lipinski definition) is 3. The topological polar surface area (TPSA) is 122 Å². The van der Waals surface area contributed by atoms with Crippen molar-refractivity contribution in [3.8, 4) is 5.69 Å². The van der Waals surface area contributed by atoms with E-state index in [2.05, 4.69) is 20.7 Å². The largest absolute Gasteiger partial charge is 0.449 e. The van der Waals surface area contributed by atoms with Gasteiger partial charge in [0.1, 0.15) is 0 Å². The molecule has 9 heteroatoms. The smallest absolute Gasteiger partial charge is 0.413 e. The molecule has 2 heterocycles. The highest BCUT2D eigenvalue weighted by atomic mass is 16.5. The van der Waals surface area contributed by atoms with Gasteiger partial charge < -0.3 is 4.74 Å². The first-order valence-electron chi connectivity index (χ1n) is 10.3. The monoisotopic (exact) mass is 422 g/mol. The number of nitrogens with one attached hydrogen (secondary N) is 3. The molecule has 2 aromatic heterocycles. The third-order valence-electron chi connectivity index (χ3n) is 4.63. The minimum absolute atomic E-state index is 0.262. The van der Waals surface area contributed by atoms with E-state index in [9.17, 15) is 9.59 Å². The van der Waals surface area contributed by atoms with Crippen molar-refractivity contribution in [2.75, 3.05) is 6.61 Å². The maximum absolute atomic E-state index is 12.7. The molecular weight excluding hydrogens is 396 g/mol. The van der Waals surface area contributed by atoms with Crippen molar-refractivity contribution >= 4 is 28.9 Å². The van der Waals surface area contributed by atoms with Crippen LogP contribution in [0.3, 0.4) is 0 Å². The van der Waals surface area contributed by atoms with E-state index in [1.165, 1.54) is 6.20 Å². The number of ether oxygens (including phenoxy) is 1. The lowest BCUT2D eigenvalue weighted by molar-refractivity contribution is 0.0974. The number of unbranched alkanes of at least 4 members (excludes halogenated alkanes) is 1. The fourth-order valence-electron chi connectivity index (χ4n) is 3.12. The number of nitrogens with zero attached hydrogens (tertiary/aromatic N) is 3. The normalized spacial score (nSPS) is 10.6. The minimum atomic E-state index is -0.770. The number of carbonyl (C=O) groups excluding carboxylic acids is 2. The minimum Gasteiger partial charge on any atom is -0.449 e. The van der Waals surface area contributed by atoms with Crippen LogP contribution in [0.15, 0.2) is 42.7 Å². The molecule has 0 radical (unpaired) electrons. The Bertz CT molecular complexity index is 1090. The summed E-state index contributed by atoms with van der Waals surface area (Å²) in [6.45, 7) is 4.25. The summed E-state index contributed by atoms with van der Waals surface area (Å²) in [5.74, 6) is -0.963. The molecule has 2 amide bonds. The lowest BCUT2D eigenvalue weighted by Crippen LogP contribution is -2.43. The Morgan fingerprint density at radius 1 is 1.16 bits per heavy atom. The van der Waals surface area contributed by atoms with Crippen molar-refractivity contribution in [1.29, 1.82) is 5.41 Å². The first kappa shape index (κ1) is 21.9. The molecule has 3 rings (SSSR count). The third-order valence-corrected chi connectivity index (χ3v) is 4.63. The molecule has 0 aliphatic heterocycles. The molecule has 0 atom stereocenters. The molecule has 0 saturated carbocycles. The summed E-state index contributed by atoms with van der Waals surface area (Å²) in [6.07, 6.45) is 5.49. The molecule has 0 saturated heterocycles. The first-order chi connectivity index (χ1) is 15.0. The maximum atomic E-state index is 12.7. The molecule has 162 valence electrons. The summed E-state index contributed by atoms with van der Waals surface area (Å²) in [7, 11) is 0. The summed E-state index contributed by atoms with van der Waals surface area (Å²) in [6, 6.07) is 9.61. The van der Waals surface area contributed by atoms with Crippen LogP contribution in [0.1, 0.15) is 49.2 Å². The highest BCUT2D eigenvalue weighted by Crippen LogP contribution is 2.20. The van der Waals surface area contributed by atoms with Crippen LogP contribution in [0.5, 0.6) is 0 Å². The number of pyridine rings is 1. The van der Waals surface area contributed by atoms with Crippen molar-refractivity contribution in [3.63, 3.8) is 0 Å². The second kappa shape index (κ2) is 10.3. The number of guanidine groups is 1. The second-order valence-corrected chi connectivity index (χ2v) is 6.99. The van der Waals surface area contributed by atoms with Crippen molar-refractivity contribution < 1.29 is 14.3 Å². The van der Waals surface area contributed by atoms with Crippen molar-refractivity contribution in [1.82, 2.24) is 25.4 Å². The van der Waals surface area contributed by atoms with Crippen LogP contribution in [0, 0.1) is 5.41 Å². The van der Waals surface area contributed by atoms with E-state index >= 15 is 0 Å². The van der Waals surface area contributed by atoms with Crippen LogP contribution >= 0.6 is 0 Å². The van der Waals surface area contributed by atoms with Crippen LogP contribution in [0.4, 0.5) is 4.79 Å². The fraction of sp³-hybridized carbons (Fsp3) is 0.318. The van der Waals surface area contributed by atoms with E-state index in [1.54, 1.807) is 10.9 Å². The van der Waals surface area contributed by atoms with E-state index in [0.29, 0.717) is 12.0 Å². The molecule has 0 unspecified atom stereocenters. The number of hydrogen-bond acceptors (Lipinski definition) is 6. The number of aromatic nitrogens is 3. The molecule has 31 heavy (non-hydrogen) atoms. The van der Waals surface area contributed by atoms with Gasteiger partial charge in [-0.3, -0.25) is 25.8 Å². The van der Waals surface area contributed by atoms with Crippen LogP contribution < -0.4 is 10.6 Å². The SMILES string of the molecule is CCCCOC(=O)NC(=N)NC(=O)c1cnn(-c2ccc3ncccc3c2)c1CCC. The van der Waals surface area contributed by atoms with Crippen molar-refractivity contribution in [2.24, 2.45) is 0 Å². The van der Waals surface area contributed by atoms with Gasteiger partial charge in [0.25, 0.3) is 5.91 Å². The summed E-state index contributed by atoms with van der Waals surface area (Å²) >= 11 is 0. The predicted molar refractivity (Wildman–Crippen MR) is 117 cm³/mol. The summed E-state index contributed by atoms with van der Waals surface area (Å²) < 4.78 is 6.66. The molecule has 1 aromatic carbocycles. The molecule has 0 bridgehead atoms. The molecule has 0 aliphatic carbocycles. The van der Waals surface area contributed by atoms with Gasteiger partial charge >= 0.3 is 6.09 Å². The zero-order chi connectivity index (χ0) is 22.2. The quantitative estimate of drug-likeness (QED) is 0.305. The zero-order valence-electron chi connectivity index (χ0n) is 17.6. The van der Waals surface area contributed by atoms with E-state index in [1.807, 2.05) is 44.2 Å². The Labute approximate surface area is 180 Å². The molecular formula is C22H26N6O3. The van der Waals surface area contributed by atoms with Crippen LogP contribution in [0.25, 0.3) is 16.6 Å². The predicted octanol–water partition coefficient (Wildman–Crippen LogP) is 3.56. The van der Waals surface area contributed by atoms with Gasteiger partial charge in [-0.25, -0.2) is 9.48 Å². The summed E-state index contributed by atoms with van der Waals surface area (Å²) in [4.78, 5) is 28.7. The van der Waals surface area contributed by atoms with Gasteiger partial charge in [0, 0.05) is 11.6 Å².